The highest BCUT2D eigenvalue weighted by Crippen LogP contribution is 2.09. The summed E-state index contributed by atoms with van der Waals surface area (Å²) in [6, 6.07) is 7.16. The molecule has 3 nitrogen and oxygen atoms in total. The van der Waals surface area contributed by atoms with Crippen molar-refractivity contribution in [2.75, 3.05) is 0 Å². The Labute approximate surface area is 118 Å². The van der Waals surface area contributed by atoms with Gasteiger partial charge in [0, 0.05) is 10.6 Å². The number of carbonyl (C=O) groups is 1. The summed E-state index contributed by atoms with van der Waals surface area (Å²) in [6.45, 7) is 5.93. The lowest BCUT2D eigenvalue weighted by molar-refractivity contribution is -0.119. The number of carbonyl (C=O) groups excluding carboxylic acids is 1. The lowest BCUT2D eigenvalue weighted by Gasteiger charge is -2.22. The summed E-state index contributed by atoms with van der Waals surface area (Å²) in [7, 11) is 0. The average Bonchev–Trinajstić information content (AvgIpc) is 2.18. The highest BCUT2D eigenvalue weighted by atomic mass is 35.5. The third-order valence-electron chi connectivity index (χ3n) is 2.02. The zero-order valence-corrected chi connectivity index (χ0v) is 12.3. The summed E-state index contributed by atoms with van der Waals surface area (Å²) in [5, 5.41) is 6.68. The van der Waals surface area contributed by atoms with Crippen LogP contribution in [0, 0.1) is 0 Å². The molecule has 0 atom stereocenters. The van der Waals surface area contributed by atoms with E-state index in [9.17, 15) is 4.79 Å². The molecule has 0 bridgehead atoms. The van der Waals surface area contributed by atoms with Gasteiger partial charge < -0.3 is 10.6 Å². The van der Waals surface area contributed by atoms with Crippen LogP contribution in [0.15, 0.2) is 24.3 Å². The highest BCUT2D eigenvalue weighted by molar-refractivity contribution is 7.80. The zero-order chi connectivity index (χ0) is 13.8. The van der Waals surface area contributed by atoms with Crippen LogP contribution in [-0.2, 0) is 11.2 Å². The number of halogens is 1. The average molecular weight is 285 g/mol. The van der Waals surface area contributed by atoms with Crippen molar-refractivity contribution in [2.45, 2.75) is 32.7 Å². The molecule has 5 heteroatoms. The van der Waals surface area contributed by atoms with Gasteiger partial charge in [0.25, 0.3) is 0 Å². The second-order valence-corrected chi connectivity index (χ2v) is 5.90. The molecule has 2 N–H and O–H groups in total. The molecule has 0 aliphatic heterocycles. The van der Waals surface area contributed by atoms with Gasteiger partial charge in [-0.25, -0.2) is 0 Å². The Morgan fingerprint density at radius 3 is 2.33 bits per heavy atom. The molecule has 98 valence electrons. The fraction of sp³-hybridized carbons (Fsp3) is 0.385. The Bertz CT molecular complexity index is 437. The number of thiocarbonyl (C=S) groups is 1. The largest absolute Gasteiger partial charge is 0.358 e. The van der Waals surface area contributed by atoms with Crippen LogP contribution in [0.3, 0.4) is 0 Å². The van der Waals surface area contributed by atoms with Crippen molar-refractivity contribution in [1.82, 2.24) is 10.6 Å². The molecule has 1 amide bonds. The number of amides is 1. The number of benzene rings is 1. The summed E-state index contributed by atoms with van der Waals surface area (Å²) < 4.78 is 0. The summed E-state index contributed by atoms with van der Waals surface area (Å²) in [5.41, 5.74) is 0.737. The summed E-state index contributed by atoms with van der Waals surface area (Å²) in [4.78, 5) is 11.7. The third-order valence-corrected chi connectivity index (χ3v) is 2.48. The van der Waals surface area contributed by atoms with E-state index in [4.69, 9.17) is 23.8 Å². The highest BCUT2D eigenvalue weighted by Gasteiger charge is 2.13. The Kier molecular flexibility index (Phi) is 5.11. The van der Waals surface area contributed by atoms with Gasteiger partial charge in [0.1, 0.15) is 0 Å². The quantitative estimate of drug-likeness (QED) is 0.821. The van der Waals surface area contributed by atoms with Crippen LogP contribution in [0.1, 0.15) is 26.3 Å². The molecule has 0 fully saturated rings. The van der Waals surface area contributed by atoms with Crippen LogP contribution < -0.4 is 10.6 Å². The first-order valence-electron chi connectivity index (χ1n) is 5.63. The molecule has 0 unspecified atom stereocenters. The molecule has 1 aromatic rings. The van der Waals surface area contributed by atoms with Crippen molar-refractivity contribution >= 4 is 34.8 Å². The van der Waals surface area contributed by atoms with Gasteiger partial charge in [0.15, 0.2) is 5.11 Å². The van der Waals surface area contributed by atoms with Crippen LogP contribution in [0.4, 0.5) is 0 Å². The van der Waals surface area contributed by atoms with E-state index in [1.165, 1.54) is 0 Å². The Morgan fingerprint density at radius 1 is 1.28 bits per heavy atom. The van der Waals surface area contributed by atoms with E-state index in [1.807, 2.05) is 32.9 Å². The van der Waals surface area contributed by atoms with Crippen molar-refractivity contribution in [2.24, 2.45) is 0 Å². The maximum Gasteiger partial charge on any atom is 0.230 e. The van der Waals surface area contributed by atoms with E-state index >= 15 is 0 Å². The third kappa shape index (κ3) is 5.98. The van der Waals surface area contributed by atoms with Gasteiger partial charge in [-0.05, 0) is 50.7 Å². The minimum Gasteiger partial charge on any atom is -0.358 e. The van der Waals surface area contributed by atoms with Crippen molar-refractivity contribution in [3.63, 3.8) is 0 Å². The van der Waals surface area contributed by atoms with E-state index < -0.39 is 0 Å². The predicted molar refractivity (Wildman–Crippen MR) is 78.8 cm³/mol. The smallest absolute Gasteiger partial charge is 0.230 e. The van der Waals surface area contributed by atoms with E-state index in [-0.39, 0.29) is 17.9 Å². The van der Waals surface area contributed by atoms with Crippen LogP contribution in [0.5, 0.6) is 0 Å². The molecular weight excluding hydrogens is 268 g/mol. The number of nitrogens with one attached hydrogen (secondary N) is 2. The van der Waals surface area contributed by atoms with Crippen LogP contribution in [-0.4, -0.2) is 16.6 Å². The predicted octanol–water partition coefficient (Wildman–Crippen LogP) is 2.67. The van der Waals surface area contributed by atoms with Gasteiger partial charge >= 0.3 is 0 Å². The molecule has 0 radical (unpaired) electrons. The first-order chi connectivity index (χ1) is 8.26. The zero-order valence-electron chi connectivity index (χ0n) is 10.7. The Morgan fingerprint density at radius 2 is 1.83 bits per heavy atom. The molecule has 0 saturated heterocycles. The van der Waals surface area contributed by atoms with Crippen molar-refractivity contribution in [3.05, 3.63) is 34.9 Å². The molecule has 0 aliphatic rings. The second kappa shape index (κ2) is 6.16. The van der Waals surface area contributed by atoms with Crippen LogP contribution in [0.2, 0.25) is 5.02 Å². The first kappa shape index (κ1) is 14.9. The van der Waals surface area contributed by atoms with Crippen molar-refractivity contribution < 1.29 is 4.79 Å². The van der Waals surface area contributed by atoms with Gasteiger partial charge in [-0.2, -0.15) is 0 Å². The summed E-state index contributed by atoms with van der Waals surface area (Å²) >= 11 is 10.8. The van der Waals surface area contributed by atoms with E-state index in [2.05, 4.69) is 10.6 Å². The number of hydrogen-bond donors (Lipinski definition) is 2. The number of hydrogen-bond acceptors (Lipinski definition) is 2. The van der Waals surface area contributed by atoms with Crippen LogP contribution in [0.25, 0.3) is 0 Å². The molecule has 1 rings (SSSR count). The van der Waals surface area contributed by atoms with Crippen LogP contribution >= 0.6 is 23.8 Å². The molecular formula is C13H17ClN2OS. The van der Waals surface area contributed by atoms with Gasteiger partial charge in [0.05, 0.1) is 6.42 Å². The topological polar surface area (TPSA) is 41.1 Å². The molecule has 0 saturated carbocycles. The van der Waals surface area contributed by atoms with Gasteiger partial charge in [-0.3, -0.25) is 4.79 Å². The second-order valence-electron chi connectivity index (χ2n) is 5.06. The first-order valence-corrected chi connectivity index (χ1v) is 6.41. The van der Waals surface area contributed by atoms with Gasteiger partial charge in [0.2, 0.25) is 5.91 Å². The minimum absolute atomic E-state index is 0.140. The molecule has 0 aliphatic carbocycles. The van der Waals surface area contributed by atoms with Gasteiger partial charge in [-0.15, -0.1) is 0 Å². The maximum atomic E-state index is 11.7. The summed E-state index contributed by atoms with van der Waals surface area (Å²) in [5.74, 6) is -0.140. The lowest BCUT2D eigenvalue weighted by Crippen LogP contribution is -2.48. The van der Waals surface area contributed by atoms with E-state index in [0.29, 0.717) is 10.1 Å². The van der Waals surface area contributed by atoms with E-state index in [1.54, 1.807) is 12.1 Å². The SMILES string of the molecule is CC(C)(C)NC(=S)NC(=O)Cc1ccc(Cl)cc1. The monoisotopic (exact) mass is 284 g/mol. The fourth-order valence-electron chi connectivity index (χ4n) is 1.33. The molecule has 1 aromatic carbocycles. The summed E-state index contributed by atoms with van der Waals surface area (Å²) in [6.07, 6.45) is 0.281. The minimum atomic E-state index is -0.162. The molecule has 0 spiro atoms. The fourth-order valence-corrected chi connectivity index (χ4v) is 1.88. The van der Waals surface area contributed by atoms with Crippen molar-refractivity contribution in [1.29, 1.82) is 0 Å². The Balaban J connectivity index is 2.47. The van der Waals surface area contributed by atoms with E-state index in [0.717, 1.165) is 5.56 Å². The Hall–Kier alpha value is -1.13. The molecule has 18 heavy (non-hydrogen) atoms. The number of rotatable bonds is 2. The van der Waals surface area contributed by atoms with Crippen molar-refractivity contribution in [3.8, 4) is 0 Å². The standard InChI is InChI=1S/C13H17ClN2OS/c1-13(2,3)16-12(18)15-11(17)8-9-4-6-10(14)7-5-9/h4-7H,8H2,1-3H3,(H2,15,16,17,18). The normalized spacial score (nSPS) is 10.9. The van der Waals surface area contributed by atoms with Gasteiger partial charge in [-0.1, -0.05) is 23.7 Å². The molecule has 0 aromatic heterocycles. The lowest BCUT2D eigenvalue weighted by atomic mass is 10.1. The molecule has 0 heterocycles. The maximum absolute atomic E-state index is 11.7.